The topological polar surface area (TPSA) is 114 Å². The molecular formula is C14H18N6O3. The highest BCUT2D eigenvalue weighted by molar-refractivity contribution is 5.97. The van der Waals surface area contributed by atoms with Gasteiger partial charge < -0.3 is 15.3 Å². The Labute approximate surface area is 132 Å². The highest BCUT2D eigenvalue weighted by atomic mass is 16.4. The van der Waals surface area contributed by atoms with E-state index in [4.69, 9.17) is 5.11 Å². The number of H-pyrrole nitrogens is 1. The van der Waals surface area contributed by atoms with Crippen molar-refractivity contribution in [3.63, 3.8) is 0 Å². The highest BCUT2D eigenvalue weighted by Crippen LogP contribution is 2.10. The van der Waals surface area contributed by atoms with Crippen molar-refractivity contribution < 1.29 is 14.7 Å². The molecule has 0 atom stereocenters. The summed E-state index contributed by atoms with van der Waals surface area (Å²) in [5, 5.41) is 22.1. The van der Waals surface area contributed by atoms with Crippen LogP contribution in [-0.4, -0.2) is 81.6 Å². The van der Waals surface area contributed by atoms with Gasteiger partial charge in [-0.3, -0.25) is 14.8 Å². The van der Waals surface area contributed by atoms with Crippen LogP contribution in [0.3, 0.4) is 0 Å². The summed E-state index contributed by atoms with van der Waals surface area (Å²) < 4.78 is 0. The van der Waals surface area contributed by atoms with Gasteiger partial charge in [-0.25, -0.2) is 4.79 Å². The molecule has 1 aliphatic rings. The number of carbonyl (C=O) groups is 2. The number of rotatable bonds is 4. The van der Waals surface area contributed by atoms with Crippen LogP contribution in [-0.2, 0) is 0 Å². The average Bonchev–Trinajstić information content (AvgIpc) is 3.02. The van der Waals surface area contributed by atoms with Crippen molar-refractivity contribution in [2.24, 2.45) is 0 Å². The zero-order chi connectivity index (χ0) is 16.2. The number of hydrogen-bond acceptors (Lipinski definition) is 5. The Kier molecular flexibility index (Phi) is 4.38. The largest absolute Gasteiger partial charge is 0.465 e. The van der Waals surface area contributed by atoms with Crippen LogP contribution in [0.2, 0.25) is 0 Å². The van der Waals surface area contributed by atoms with E-state index in [0.717, 1.165) is 5.52 Å². The van der Waals surface area contributed by atoms with Gasteiger partial charge in [0.2, 0.25) is 0 Å². The molecule has 0 saturated carbocycles. The molecule has 3 rings (SSSR count). The van der Waals surface area contributed by atoms with E-state index in [-0.39, 0.29) is 5.91 Å². The molecule has 9 heteroatoms. The summed E-state index contributed by atoms with van der Waals surface area (Å²) in [7, 11) is 0. The van der Waals surface area contributed by atoms with E-state index >= 15 is 0 Å². The van der Waals surface area contributed by atoms with Crippen LogP contribution >= 0.6 is 0 Å². The first-order valence-electron chi connectivity index (χ1n) is 7.43. The highest BCUT2D eigenvalue weighted by Gasteiger charge is 2.19. The van der Waals surface area contributed by atoms with Crippen LogP contribution in [0.15, 0.2) is 18.2 Å². The van der Waals surface area contributed by atoms with Crippen molar-refractivity contribution in [1.82, 2.24) is 30.5 Å². The van der Waals surface area contributed by atoms with Gasteiger partial charge in [-0.2, -0.15) is 0 Å². The quantitative estimate of drug-likeness (QED) is 0.730. The van der Waals surface area contributed by atoms with Crippen molar-refractivity contribution >= 4 is 23.0 Å². The molecule has 1 saturated heterocycles. The lowest BCUT2D eigenvalue weighted by Crippen LogP contribution is -2.49. The lowest BCUT2D eigenvalue weighted by Gasteiger charge is -2.32. The summed E-state index contributed by atoms with van der Waals surface area (Å²) in [5.41, 5.74) is 1.99. The molecule has 2 heterocycles. The van der Waals surface area contributed by atoms with Crippen LogP contribution in [0, 0.1) is 0 Å². The van der Waals surface area contributed by atoms with E-state index < -0.39 is 6.09 Å². The molecule has 122 valence electrons. The number of nitrogens with one attached hydrogen (secondary N) is 2. The van der Waals surface area contributed by atoms with Gasteiger partial charge in [0.1, 0.15) is 5.52 Å². The summed E-state index contributed by atoms with van der Waals surface area (Å²) in [4.78, 5) is 26.5. The molecule has 1 fully saturated rings. The van der Waals surface area contributed by atoms with Crippen LogP contribution in [0.4, 0.5) is 4.79 Å². The second kappa shape index (κ2) is 6.61. The van der Waals surface area contributed by atoms with Gasteiger partial charge >= 0.3 is 6.09 Å². The third-order valence-corrected chi connectivity index (χ3v) is 3.94. The van der Waals surface area contributed by atoms with E-state index in [1.807, 2.05) is 0 Å². The molecule has 1 aromatic carbocycles. The minimum Gasteiger partial charge on any atom is -0.465 e. The third kappa shape index (κ3) is 3.57. The zero-order valence-electron chi connectivity index (χ0n) is 12.5. The standard InChI is InChI=1S/C14H18N6O3/c21-13(10-1-2-11-12(9-10)17-18-16-11)15-3-4-19-5-7-20(8-6-19)14(22)23/h1-2,9H,3-8H2,(H,15,21)(H,22,23)(H,16,17,18). The Morgan fingerprint density at radius 1 is 1.26 bits per heavy atom. The van der Waals surface area contributed by atoms with Crippen LogP contribution in [0.25, 0.3) is 11.0 Å². The molecule has 0 radical (unpaired) electrons. The summed E-state index contributed by atoms with van der Waals surface area (Å²) in [5.74, 6) is -0.154. The van der Waals surface area contributed by atoms with E-state index in [2.05, 4.69) is 25.6 Å². The van der Waals surface area contributed by atoms with E-state index in [1.54, 1.807) is 18.2 Å². The van der Waals surface area contributed by atoms with E-state index in [0.29, 0.717) is 50.3 Å². The third-order valence-electron chi connectivity index (χ3n) is 3.94. The molecule has 9 nitrogen and oxygen atoms in total. The summed E-state index contributed by atoms with van der Waals surface area (Å²) in [6.45, 7) is 3.60. The molecule has 0 spiro atoms. The summed E-state index contributed by atoms with van der Waals surface area (Å²) in [6, 6.07) is 5.19. The number of piperazine rings is 1. The number of nitrogens with zero attached hydrogens (tertiary/aromatic N) is 4. The Morgan fingerprint density at radius 3 is 2.78 bits per heavy atom. The fourth-order valence-electron chi connectivity index (χ4n) is 2.58. The average molecular weight is 318 g/mol. The van der Waals surface area contributed by atoms with Gasteiger partial charge in [-0.05, 0) is 18.2 Å². The minimum atomic E-state index is -0.874. The van der Waals surface area contributed by atoms with Gasteiger partial charge in [0.15, 0.2) is 0 Å². The molecule has 2 aromatic rings. The van der Waals surface area contributed by atoms with E-state index in [1.165, 1.54) is 4.90 Å². The number of carbonyl (C=O) groups excluding carboxylic acids is 1. The number of amides is 2. The second-order valence-corrected chi connectivity index (χ2v) is 5.41. The molecule has 0 bridgehead atoms. The van der Waals surface area contributed by atoms with Gasteiger partial charge in [-0.15, -0.1) is 5.10 Å². The van der Waals surface area contributed by atoms with Crippen molar-refractivity contribution in [3.05, 3.63) is 23.8 Å². The Bertz CT molecular complexity index is 707. The smallest absolute Gasteiger partial charge is 0.407 e. The van der Waals surface area contributed by atoms with Crippen molar-refractivity contribution in [2.75, 3.05) is 39.3 Å². The monoisotopic (exact) mass is 318 g/mol. The zero-order valence-corrected chi connectivity index (χ0v) is 12.5. The van der Waals surface area contributed by atoms with Gasteiger partial charge in [0, 0.05) is 44.8 Å². The number of carboxylic acid groups (broad SMARTS) is 1. The van der Waals surface area contributed by atoms with Gasteiger partial charge in [0.25, 0.3) is 5.91 Å². The Hall–Kier alpha value is -2.68. The Balaban J connectivity index is 1.45. The number of aromatic nitrogens is 3. The molecule has 2 amide bonds. The normalized spacial score (nSPS) is 15.7. The first-order valence-corrected chi connectivity index (χ1v) is 7.43. The summed E-state index contributed by atoms with van der Waals surface area (Å²) in [6.07, 6.45) is -0.874. The van der Waals surface area contributed by atoms with Crippen LogP contribution in [0.5, 0.6) is 0 Å². The van der Waals surface area contributed by atoms with Crippen molar-refractivity contribution in [2.45, 2.75) is 0 Å². The molecule has 3 N–H and O–H groups in total. The van der Waals surface area contributed by atoms with Crippen molar-refractivity contribution in [3.8, 4) is 0 Å². The number of aromatic amines is 1. The predicted octanol–water partition coefficient (Wildman–Crippen LogP) is -0.0167. The second-order valence-electron chi connectivity index (χ2n) is 5.41. The first-order chi connectivity index (χ1) is 11.1. The SMILES string of the molecule is O=C(NCCN1CCN(C(=O)O)CC1)c1ccc2[nH]nnc2c1. The maximum absolute atomic E-state index is 12.1. The van der Waals surface area contributed by atoms with Crippen molar-refractivity contribution in [1.29, 1.82) is 0 Å². The van der Waals surface area contributed by atoms with E-state index in [9.17, 15) is 9.59 Å². The number of fused-ring (bicyclic) bond motifs is 1. The summed E-state index contributed by atoms with van der Waals surface area (Å²) >= 11 is 0. The van der Waals surface area contributed by atoms with Gasteiger partial charge in [-0.1, -0.05) is 5.21 Å². The molecule has 1 aliphatic heterocycles. The van der Waals surface area contributed by atoms with Crippen LogP contribution in [0.1, 0.15) is 10.4 Å². The molecule has 23 heavy (non-hydrogen) atoms. The van der Waals surface area contributed by atoms with Gasteiger partial charge in [0.05, 0.1) is 5.52 Å². The number of hydrogen-bond donors (Lipinski definition) is 3. The molecule has 0 unspecified atom stereocenters. The Morgan fingerprint density at radius 2 is 2.04 bits per heavy atom. The minimum absolute atomic E-state index is 0.154. The number of benzene rings is 1. The molecule has 1 aromatic heterocycles. The fraction of sp³-hybridized carbons (Fsp3) is 0.429. The lowest BCUT2D eigenvalue weighted by molar-refractivity contribution is 0.0930. The molecule has 0 aliphatic carbocycles. The maximum Gasteiger partial charge on any atom is 0.407 e. The molecular weight excluding hydrogens is 300 g/mol. The predicted molar refractivity (Wildman–Crippen MR) is 82.3 cm³/mol. The lowest BCUT2D eigenvalue weighted by atomic mass is 10.2. The fourth-order valence-corrected chi connectivity index (χ4v) is 2.58. The first kappa shape index (κ1) is 15.2. The maximum atomic E-state index is 12.1. The van der Waals surface area contributed by atoms with Crippen LogP contribution < -0.4 is 5.32 Å².